The predicted molar refractivity (Wildman–Crippen MR) is 78.9 cm³/mol. The van der Waals surface area contributed by atoms with E-state index in [9.17, 15) is 4.79 Å². The molecule has 0 N–H and O–H groups in total. The van der Waals surface area contributed by atoms with E-state index in [-0.39, 0.29) is 11.7 Å². The maximum atomic E-state index is 12.0. The van der Waals surface area contributed by atoms with Crippen molar-refractivity contribution in [3.8, 4) is 5.75 Å². The third-order valence-electron chi connectivity index (χ3n) is 3.33. The van der Waals surface area contributed by atoms with Gasteiger partial charge in [0.05, 0.1) is 11.6 Å². The molecule has 100 valence electrons. The molecular formula is C17H15NO2. The average molecular weight is 265 g/mol. The number of rotatable bonds is 3. The van der Waals surface area contributed by atoms with Crippen LogP contribution >= 0.6 is 0 Å². The van der Waals surface area contributed by atoms with E-state index in [1.54, 1.807) is 12.3 Å². The third-order valence-corrected chi connectivity index (χ3v) is 3.33. The molecule has 1 heterocycles. The summed E-state index contributed by atoms with van der Waals surface area (Å²) < 4.78 is 5.74. The number of Topliss-reactive ketones (excluding diaryl/α,β-unsaturated/α-hetero) is 1. The number of hydrogen-bond acceptors (Lipinski definition) is 3. The molecule has 0 amide bonds. The molecule has 1 atom stereocenters. The summed E-state index contributed by atoms with van der Waals surface area (Å²) in [7, 11) is 0. The largest absolute Gasteiger partial charge is 0.489 e. The highest BCUT2D eigenvalue weighted by molar-refractivity contribution is 6.12. The van der Waals surface area contributed by atoms with Gasteiger partial charge < -0.3 is 4.74 Å². The second kappa shape index (κ2) is 5.29. The van der Waals surface area contributed by atoms with Crippen molar-refractivity contribution in [1.82, 2.24) is 0 Å². The second-order valence-corrected chi connectivity index (χ2v) is 4.88. The molecule has 1 unspecified atom stereocenters. The first-order valence-corrected chi connectivity index (χ1v) is 6.63. The molecule has 3 nitrogen and oxygen atoms in total. The van der Waals surface area contributed by atoms with Gasteiger partial charge in [0, 0.05) is 17.8 Å². The van der Waals surface area contributed by atoms with Crippen molar-refractivity contribution in [1.29, 1.82) is 0 Å². The molecule has 0 saturated carbocycles. The summed E-state index contributed by atoms with van der Waals surface area (Å²) in [6.07, 6.45) is 1.69. The highest BCUT2D eigenvalue weighted by atomic mass is 16.5. The topological polar surface area (TPSA) is 38.7 Å². The molecule has 0 bridgehead atoms. The Morgan fingerprint density at radius 1 is 1.15 bits per heavy atom. The van der Waals surface area contributed by atoms with E-state index >= 15 is 0 Å². The first kappa shape index (κ1) is 12.6. The number of ether oxygens (including phenoxy) is 1. The van der Waals surface area contributed by atoms with Crippen molar-refractivity contribution >= 4 is 17.7 Å². The summed E-state index contributed by atoms with van der Waals surface area (Å²) in [6, 6.07) is 15.4. The van der Waals surface area contributed by atoms with Gasteiger partial charge in [0.1, 0.15) is 12.4 Å². The quantitative estimate of drug-likeness (QED) is 0.846. The van der Waals surface area contributed by atoms with Gasteiger partial charge in [-0.15, -0.1) is 0 Å². The maximum Gasteiger partial charge on any atom is 0.173 e. The van der Waals surface area contributed by atoms with E-state index in [1.165, 1.54) is 0 Å². The van der Waals surface area contributed by atoms with Crippen molar-refractivity contribution in [2.75, 3.05) is 0 Å². The SMILES string of the molecule is CC1C=Nc2cc(OCc3ccccc3)ccc2C1=O. The van der Waals surface area contributed by atoms with Crippen molar-refractivity contribution in [3.63, 3.8) is 0 Å². The van der Waals surface area contributed by atoms with Crippen molar-refractivity contribution in [2.24, 2.45) is 10.9 Å². The van der Waals surface area contributed by atoms with Crippen LogP contribution in [0.3, 0.4) is 0 Å². The lowest BCUT2D eigenvalue weighted by atomic mass is 9.96. The number of hydrogen-bond donors (Lipinski definition) is 0. The zero-order chi connectivity index (χ0) is 13.9. The molecule has 1 aliphatic heterocycles. The van der Waals surface area contributed by atoms with E-state index in [0.717, 1.165) is 11.3 Å². The Balaban J connectivity index is 1.77. The Morgan fingerprint density at radius 3 is 2.75 bits per heavy atom. The summed E-state index contributed by atoms with van der Waals surface area (Å²) in [4.78, 5) is 16.3. The summed E-state index contributed by atoms with van der Waals surface area (Å²) in [5.74, 6) is 0.704. The number of benzene rings is 2. The summed E-state index contributed by atoms with van der Waals surface area (Å²) in [5, 5.41) is 0. The molecule has 0 aliphatic carbocycles. The van der Waals surface area contributed by atoms with Crippen LogP contribution in [0.2, 0.25) is 0 Å². The van der Waals surface area contributed by atoms with E-state index in [4.69, 9.17) is 4.74 Å². The van der Waals surface area contributed by atoms with Gasteiger partial charge >= 0.3 is 0 Å². The Labute approximate surface area is 117 Å². The van der Waals surface area contributed by atoms with Crippen LogP contribution < -0.4 is 4.74 Å². The fraction of sp³-hybridized carbons (Fsp3) is 0.176. The Morgan fingerprint density at radius 2 is 1.95 bits per heavy atom. The van der Waals surface area contributed by atoms with E-state index < -0.39 is 0 Å². The standard InChI is InChI=1S/C17H15NO2/c1-12-10-18-16-9-14(7-8-15(16)17(12)19)20-11-13-5-3-2-4-6-13/h2-10,12H,11H2,1H3. The van der Waals surface area contributed by atoms with Crippen LogP contribution in [0, 0.1) is 5.92 Å². The fourth-order valence-electron chi connectivity index (χ4n) is 2.16. The number of fused-ring (bicyclic) bond motifs is 1. The molecule has 0 saturated heterocycles. The minimum atomic E-state index is -0.140. The zero-order valence-corrected chi connectivity index (χ0v) is 11.2. The van der Waals surface area contributed by atoms with Crippen LogP contribution in [0.1, 0.15) is 22.8 Å². The molecule has 2 aromatic carbocycles. The van der Waals surface area contributed by atoms with Gasteiger partial charge in [0.2, 0.25) is 0 Å². The minimum Gasteiger partial charge on any atom is -0.489 e. The van der Waals surface area contributed by atoms with Gasteiger partial charge in [-0.3, -0.25) is 9.79 Å². The molecule has 0 radical (unpaired) electrons. The van der Waals surface area contributed by atoms with Crippen LogP contribution in [0.5, 0.6) is 5.75 Å². The number of carbonyl (C=O) groups excluding carboxylic acids is 1. The second-order valence-electron chi connectivity index (χ2n) is 4.88. The van der Waals surface area contributed by atoms with Crippen molar-refractivity contribution in [2.45, 2.75) is 13.5 Å². The first-order valence-electron chi connectivity index (χ1n) is 6.63. The van der Waals surface area contributed by atoms with Crippen LogP contribution in [0.15, 0.2) is 53.5 Å². The van der Waals surface area contributed by atoms with E-state index in [1.807, 2.05) is 49.4 Å². The predicted octanol–water partition coefficient (Wildman–Crippen LogP) is 3.80. The Bertz CT molecular complexity index is 662. The lowest BCUT2D eigenvalue weighted by Crippen LogP contribution is -2.16. The van der Waals surface area contributed by atoms with Gasteiger partial charge in [0.15, 0.2) is 5.78 Å². The fourth-order valence-corrected chi connectivity index (χ4v) is 2.16. The molecule has 0 aromatic heterocycles. The molecule has 0 spiro atoms. The minimum absolute atomic E-state index is 0.115. The van der Waals surface area contributed by atoms with Crippen LogP contribution in [0.4, 0.5) is 5.69 Å². The van der Waals surface area contributed by atoms with Crippen LogP contribution in [0.25, 0.3) is 0 Å². The smallest absolute Gasteiger partial charge is 0.173 e. The normalized spacial score (nSPS) is 16.9. The molecule has 20 heavy (non-hydrogen) atoms. The maximum absolute atomic E-state index is 12.0. The van der Waals surface area contributed by atoms with Gasteiger partial charge in [-0.1, -0.05) is 37.3 Å². The lowest BCUT2D eigenvalue weighted by molar-refractivity contribution is 0.0962. The number of nitrogens with zero attached hydrogens (tertiary/aromatic N) is 1. The third kappa shape index (κ3) is 2.48. The lowest BCUT2D eigenvalue weighted by Gasteiger charge is -2.15. The van der Waals surface area contributed by atoms with E-state index in [0.29, 0.717) is 17.9 Å². The highest BCUT2D eigenvalue weighted by Gasteiger charge is 2.21. The number of ketones is 1. The highest BCUT2D eigenvalue weighted by Crippen LogP contribution is 2.30. The number of aliphatic imine (C=N–C) groups is 1. The summed E-state index contributed by atoms with van der Waals surface area (Å²) >= 11 is 0. The monoisotopic (exact) mass is 265 g/mol. The molecule has 3 rings (SSSR count). The molecular weight excluding hydrogens is 250 g/mol. The Hall–Kier alpha value is -2.42. The first-order chi connectivity index (χ1) is 9.74. The van der Waals surface area contributed by atoms with Crippen molar-refractivity contribution < 1.29 is 9.53 Å². The van der Waals surface area contributed by atoms with Gasteiger partial charge in [0.25, 0.3) is 0 Å². The van der Waals surface area contributed by atoms with E-state index in [2.05, 4.69) is 4.99 Å². The van der Waals surface area contributed by atoms with Crippen molar-refractivity contribution in [3.05, 3.63) is 59.7 Å². The van der Waals surface area contributed by atoms with Crippen LogP contribution in [-0.2, 0) is 6.61 Å². The zero-order valence-electron chi connectivity index (χ0n) is 11.2. The Kier molecular flexibility index (Phi) is 3.33. The van der Waals surface area contributed by atoms with Gasteiger partial charge in [-0.05, 0) is 17.7 Å². The van der Waals surface area contributed by atoms with Gasteiger partial charge in [-0.25, -0.2) is 0 Å². The molecule has 3 heteroatoms. The molecule has 2 aromatic rings. The van der Waals surface area contributed by atoms with Crippen LogP contribution in [-0.4, -0.2) is 12.0 Å². The molecule has 0 fully saturated rings. The summed E-state index contributed by atoms with van der Waals surface area (Å²) in [5.41, 5.74) is 2.48. The average Bonchev–Trinajstić information content (AvgIpc) is 2.50. The summed E-state index contributed by atoms with van der Waals surface area (Å²) in [6.45, 7) is 2.36. The molecule has 1 aliphatic rings. The van der Waals surface area contributed by atoms with Gasteiger partial charge in [-0.2, -0.15) is 0 Å². The number of carbonyl (C=O) groups is 1.